The summed E-state index contributed by atoms with van der Waals surface area (Å²) in [5.74, 6) is 1.20. The zero-order chi connectivity index (χ0) is 15.9. The summed E-state index contributed by atoms with van der Waals surface area (Å²) >= 11 is 0. The minimum atomic E-state index is 0.311. The third-order valence-corrected chi connectivity index (χ3v) is 4.43. The van der Waals surface area contributed by atoms with Crippen molar-refractivity contribution in [3.63, 3.8) is 0 Å². The third-order valence-electron chi connectivity index (χ3n) is 4.43. The number of carbonyl (C=O) groups is 1. The van der Waals surface area contributed by atoms with Gasteiger partial charge in [0.1, 0.15) is 0 Å². The Labute approximate surface area is 133 Å². The summed E-state index contributed by atoms with van der Waals surface area (Å²) in [5, 5.41) is 0. The maximum Gasteiger partial charge on any atom is 0.222 e. The highest BCUT2D eigenvalue weighted by Crippen LogP contribution is 2.22. The molecule has 0 saturated carbocycles. The Kier molecular flexibility index (Phi) is 14.0. The first kappa shape index (κ1) is 20.5. The van der Waals surface area contributed by atoms with Crippen molar-refractivity contribution in [2.24, 2.45) is 5.92 Å². The number of amides is 1. The molecule has 0 aromatic carbocycles. The molecule has 1 amide bonds. The largest absolute Gasteiger partial charge is 0.346 e. The number of unbranched alkanes of at least 4 members (excludes halogenated alkanes) is 4. The van der Waals surface area contributed by atoms with Gasteiger partial charge < -0.3 is 4.90 Å². The Morgan fingerprint density at radius 2 is 1.33 bits per heavy atom. The van der Waals surface area contributed by atoms with Crippen LogP contribution >= 0.6 is 0 Å². The van der Waals surface area contributed by atoms with Crippen LogP contribution in [0.4, 0.5) is 0 Å². The summed E-state index contributed by atoms with van der Waals surface area (Å²) in [6, 6.07) is 0. The van der Waals surface area contributed by atoms with Gasteiger partial charge in [-0.05, 0) is 25.2 Å². The zero-order valence-electron chi connectivity index (χ0n) is 15.1. The zero-order valence-corrected chi connectivity index (χ0v) is 15.1. The van der Waals surface area contributed by atoms with E-state index in [1.165, 1.54) is 64.2 Å². The van der Waals surface area contributed by atoms with Crippen LogP contribution in [-0.2, 0) is 4.79 Å². The number of hydrogen-bond acceptors (Lipinski definition) is 1. The van der Waals surface area contributed by atoms with Gasteiger partial charge >= 0.3 is 0 Å². The number of carbonyl (C=O) groups excluding carboxylic acids is 1. The van der Waals surface area contributed by atoms with Crippen molar-refractivity contribution >= 4 is 5.91 Å². The number of nitrogens with zero attached hydrogens (tertiary/aromatic N) is 1. The van der Waals surface area contributed by atoms with Gasteiger partial charge in [0.2, 0.25) is 5.91 Å². The average molecular weight is 298 g/mol. The first-order chi connectivity index (χ1) is 10.2. The Hall–Kier alpha value is -0.530. The second-order valence-corrected chi connectivity index (χ2v) is 6.57. The normalized spacial score (nSPS) is 11.1. The van der Waals surface area contributed by atoms with Gasteiger partial charge in [-0.2, -0.15) is 0 Å². The predicted octanol–water partition coefficient (Wildman–Crippen LogP) is 5.80. The molecule has 0 saturated heterocycles. The second kappa shape index (κ2) is 14.4. The molecule has 0 fully saturated rings. The Morgan fingerprint density at radius 1 is 0.810 bits per heavy atom. The lowest BCUT2D eigenvalue weighted by atomic mass is 9.91. The standard InChI is InChI=1S/C19H39NO/c1-5-8-10-14-18(15-11-9-6-2)16-12-17-20(4)19(21)13-7-3/h18H,5-17H2,1-4H3. The van der Waals surface area contributed by atoms with Crippen LogP contribution < -0.4 is 0 Å². The van der Waals surface area contributed by atoms with Gasteiger partial charge in [-0.3, -0.25) is 4.79 Å². The fraction of sp³-hybridized carbons (Fsp3) is 0.947. The smallest absolute Gasteiger partial charge is 0.222 e. The lowest BCUT2D eigenvalue weighted by Crippen LogP contribution is -2.27. The first-order valence-corrected chi connectivity index (χ1v) is 9.39. The van der Waals surface area contributed by atoms with Crippen LogP contribution in [-0.4, -0.2) is 24.4 Å². The molecule has 0 radical (unpaired) electrons. The van der Waals surface area contributed by atoms with E-state index in [1.807, 2.05) is 11.9 Å². The number of rotatable bonds is 14. The molecule has 21 heavy (non-hydrogen) atoms. The van der Waals surface area contributed by atoms with Gasteiger partial charge in [0.15, 0.2) is 0 Å². The number of hydrogen-bond donors (Lipinski definition) is 0. The van der Waals surface area contributed by atoms with E-state index in [1.54, 1.807) is 0 Å². The molecule has 0 aliphatic rings. The van der Waals surface area contributed by atoms with Crippen molar-refractivity contribution in [2.75, 3.05) is 13.6 Å². The van der Waals surface area contributed by atoms with Crippen LogP contribution in [0.2, 0.25) is 0 Å². The van der Waals surface area contributed by atoms with E-state index in [0.717, 1.165) is 18.9 Å². The monoisotopic (exact) mass is 297 g/mol. The van der Waals surface area contributed by atoms with E-state index >= 15 is 0 Å². The molecule has 2 heteroatoms. The fourth-order valence-corrected chi connectivity index (χ4v) is 2.95. The summed E-state index contributed by atoms with van der Waals surface area (Å²) in [7, 11) is 1.96. The molecule has 0 unspecified atom stereocenters. The molecule has 0 rings (SSSR count). The first-order valence-electron chi connectivity index (χ1n) is 9.39. The van der Waals surface area contributed by atoms with Gasteiger partial charge in [0.05, 0.1) is 0 Å². The Bertz CT molecular complexity index is 230. The molecule has 0 spiro atoms. The van der Waals surface area contributed by atoms with Crippen LogP contribution in [0, 0.1) is 5.92 Å². The molecule has 0 N–H and O–H groups in total. The van der Waals surface area contributed by atoms with Gasteiger partial charge in [0.25, 0.3) is 0 Å². The van der Waals surface area contributed by atoms with Gasteiger partial charge in [0, 0.05) is 20.0 Å². The van der Waals surface area contributed by atoms with Crippen LogP contribution in [0.15, 0.2) is 0 Å². The minimum absolute atomic E-state index is 0.311. The van der Waals surface area contributed by atoms with Crippen molar-refractivity contribution in [1.82, 2.24) is 4.90 Å². The van der Waals surface area contributed by atoms with Crippen molar-refractivity contribution in [3.05, 3.63) is 0 Å². The maximum atomic E-state index is 11.8. The van der Waals surface area contributed by atoms with Crippen molar-refractivity contribution in [2.45, 2.75) is 97.8 Å². The van der Waals surface area contributed by atoms with Crippen molar-refractivity contribution in [1.29, 1.82) is 0 Å². The van der Waals surface area contributed by atoms with E-state index in [-0.39, 0.29) is 0 Å². The highest BCUT2D eigenvalue weighted by molar-refractivity contribution is 5.75. The molecular formula is C19H39NO. The molecule has 0 aromatic heterocycles. The summed E-state index contributed by atoms with van der Waals surface area (Å²) in [6.45, 7) is 7.57. The average Bonchev–Trinajstić information content (AvgIpc) is 2.47. The van der Waals surface area contributed by atoms with Crippen LogP contribution in [0.3, 0.4) is 0 Å². The van der Waals surface area contributed by atoms with Gasteiger partial charge in [-0.25, -0.2) is 0 Å². The van der Waals surface area contributed by atoms with Crippen LogP contribution in [0.25, 0.3) is 0 Å². The van der Waals surface area contributed by atoms with Crippen LogP contribution in [0.1, 0.15) is 97.8 Å². The molecule has 2 nitrogen and oxygen atoms in total. The highest BCUT2D eigenvalue weighted by atomic mass is 16.2. The summed E-state index contributed by atoms with van der Waals surface area (Å²) in [6.07, 6.45) is 15.1. The maximum absolute atomic E-state index is 11.8. The van der Waals surface area contributed by atoms with E-state index in [9.17, 15) is 4.79 Å². The lowest BCUT2D eigenvalue weighted by Gasteiger charge is -2.20. The quantitative estimate of drug-likeness (QED) is 0.371. The van der Waals surface area contributed by atoms with Crippen LogP contribution in [0.5, 0.6) is 0 Å². The molecule has 0 aliphatic heterocycles. The summed E-state index contributed by atoms with van der Waals surface area (Å²) in [5.41, 5.74) is 0. The summed E-state index contributed by atoms with van der Waals surface area (Å²) in [4.78, 5) is 13.7. The Balaban J connectivity index is 3.93. The summed E-state index contributed by atoms with van der Waals surface area (Å²) < 4.78 is 0. The SMILES string of the molecule is CCCCCC(CCCCC)CCCN(C)C(=O)CCC. The minimum Gasteiger partial charge on any atom is -0.346 e. The Morgan fingerprint density at radius 3 is 1.81 bits per heavy atom. The molecule has 126 valence electrons. The lowest BCUT2D eigenvalue weighted by molar-refractivity contribution is -0.130. The molecule has 0 aliphatic carbocycles. The van der Waals surface area contributed by atoms with E-state index < -0.39 is 0 Å². The molecule has 0 atom stereocenters. The van der Waals surface area contributed by atoms with E-state index in [0.29, 0.717) is 12.3 Å². The molecular weight excluding hydrogens is 258 g/mol. The molecule has 0 heterocycles. The van der Waals surface area contributed by atoms with Crippen molar-refractivity contribution < 1.29 is 4.79 Å². The fourth-order valence-electron chi connectivity index (χ4n) is 2.95. The predicted molar refractivity (Wildman–Crippen MR) is 93.6 cm³/mol. The third kappa shape index (κ3) is 11.8. The second-order valence-electron chi connectivity index (χ2n) is 6.57. The molecule has 0 aromatic rings. The van der Waals surface area contributed by atoms with Crippen molar-refractivity contribution in [3.8, 4) is 0 Å². The van der Waals surface area contributed by atoms with E-state index in [4.69, 9.17) is 0 Å². The van der Waals surface area contributed by atoms with E-state index in [2.05, 4.69) is 20.8 Å². The van der Waals surface area contributed by atoms with Gasteiger partial charge in [-0.1, -0.05) is 72.1 Å². The highest BCUT2D eigenvalue weighted by Gasteiger charge is 2.11. The molecule has 0 bridgehead atoms. The topological polar surface area (TPSA) is 20.3 Å². The van der Waals surface area contributed by atoms with Gasteiger partial charge in [-0.15, -0.1) is 0 Å².